The van der Waals surface area contributed by atoms with Crippen LogP contribution in [0.15, 0.2) is 36.4 Å². The van der Waals surface area contributed by atoms with Crippen LogP contribution in [0.1, 0.15) is 64.3 Å². The molecule has 178 valence electrons. The van der Waals surface area contributed by atoms with Crippen LogP contribution in [0.3, 0.4) is 0 Å². The molecule has 2 heterocycles. The third kappa shape index (κ3) is 3.34. The first-order valence-corrected chi connectivity index (χ1v) is 12.0. The molecule has 0 amide bonds. The molecule has 0 aliphatic carbocycles. The molecule has 5 rings (SSSR count). The van der Waals surface area contributed by atoms with E-state index in [2.05, 4.69) is 82.8 Å². The molecule has 0 fully saturated rings. The number of rotatable bonds is 4. The van der Waals surface area contributed by atoms with Crippen molar-refractivity contribution in [2.75, 3.05) is 19.1 Å². The fraction of sp³-hybridized carbons (Fsp3) is 0.400. The van der Waals surface area contributed by atoms with Gasteiger partial charge in [-0.2, -0.15) is 0 Å². The third-order valence-electron chi connectivity index (χ3n) is 7.77. The van der Waals surface area contributed by atoms with E-state index in [1.165, 1.54) is 50.2 Å². The molecule has 3 aromatic rings. The molecule has 0 saturated heterocycles. The Morgan fingerprint density at radius 3 is 1.91 bits per heavy atom. The van der Waals surface area contributed by atoms with E-state index < -0.39 is 0 Å². The monoisotopic (exact) mass is 457 g/mol. The first kappa shape index (κ1) is 22.6. The highest BCUT2D eigenvalue weighted by molar-refractivity contribution is 5.73. The molecule has 0 spiro atoms. The third-order valence-corrected chi connectivity index (χ3v) is 7.77. The Hall–Kier alpha value is -3.14. The van der Waals surface area contributed by atoms with Crippen LogP contribution in [0, 0.1) is 27.7 Å². The zero-order valence-electron chi connectivity index (χ0n) is 21.6. The summed E-state index contributed by atoms with van der Waals surface area (Å²) >= 11 is 0. The van der Waals surface area contributed by atoms with Gasteiger partial charge >= 0.3 is 0 Å². The number of fused-ring (bicyclic) bond motifs is 2. The van der Waals surface area contributed by atoms with Gasteiger partial charge in [0.15, 0.2) is 11.5 Å². The fourth-order valence-electron chi connectivity index (χ4n) is 5.96. The Morgan fingerprint density at radius 1 is 0.824 bits per heavy atom. The molecule has 2 aliphatic rings. The van der Waals surface area contributed by atoms with Crippen molar-refractivity contribution >= 4 is 5.69 Å². The van der Waals surface area contributed by atoms with Gasteiger partial charge in [-0.05, 0) is 87.1 Å². The lowest BCUT2D eigenvalue weighted by Crippen LogP contribution is -2.31. The summed E-state index contributed by atoms with van der Waals surface area (Å²) in [5.41, 5.74) is 11.4. The minimum absolute atomic E-state index is 0.186. The average molecular weight is 458 g/mol. The second-order valence-electron chi connectivity index (χ2n) is 10.3. The average Bonchev–Trinajstić information content (AvgIpc) is 3.34. The van der Waals surface area contributed by atoms with Crippen LogP contribution in [0.5, 0.6) is 17.2 Å². The second-order valence-corrected chi connectivity index (χ2v) is 10.3. The second kappa shape index (κ2) is 7.97. The summed E-state index contributed by atoms with van der Waals surface area (Å²) in [6, 6.07) is 13.2. The maximum atomic E-state index is 6.67. The van der Waals surface area contributed by atoms with Crippen molar-refractivity contribution < 1.29 is 14.2 Å². The molecule has 4 nitrogen and oxygen atoms in total. The number of anilines is 1. The molecule has 2 aliphatic heterocycles. The number of aryl methyl sites for hydroxylation is 1. The Labute approximate surface area is 203 Å². The van der Waals surface area contributed by atoms with E-state index >= 15 is 0 Å². The van der Waals surface area contributed by atoms with Crippen molar-refractivity contribution in [3.63, 3.8) is 0 Å². The molecular formula is C30H35NO3. The van der Waals surface area contributed by atoms with Gasteiger partial charge in [0, 0.05) is 24.3 Å². The van der Waals surface area contributed by atoms with Crippen LogP contribution in [0.2, 0.25) is 0 Å². The number of methoxy groups -OCH3 is 2. The molecule has 0 radical (unpaired) electrons. The molecule has 0 saturated carbocycles. The van der Waals surface area contributed by atoms with Crippen LogP contribution in [0.25, 0.3) is 0 Å². The minimum atomic E-state index is -0.313. The molecule has 0 bridgehead atoms. The van der Waals surface area contributed by atoms with E-state index in [4.69, 9.17) is 14.2 Å². The predicted molar refractivity (Wildman–Crippen MR) is 138 cm³/mol. The molecule has 3 aromatic carbocycles. The van der Waals surface area contributed by atoms with Crippen molar-refractivity contribution in [3.05, 3.63) is 80.9 Å². The molecule has 0 N–H and O–H groups in total. The standard InChI is InChI=1S/C30H35NO3/c1-17-9-11-21(12-10-17)27-26-20(4)28(18(2)19(3)29(26)34-30(27,5)6)31-15-22-13-24(32-7)25(33-8)14-23(22)16-31/h9-14,27H,15-16H2,1-8H3. The largest absolute Gasteiger partial charge is 0.493 e. The maximum absolute atomic E-state index is 6.67. The van der Waals surface area contributed by atoms with Gasteiger partial charge in [-0.15, -0.1) is 0 Å². The summed E-state index contributed by atoms with van der Waals surface area (Å²) in [6.45, 7) is 15.0. The summed E-state index contributed by atoms with van der Waals surface area (Å²) < 4.78 is 17.8. The lowest BCUT2D eigenvalue weighted by atomic mass is 9.78. The van der Waals surface area contributed by atoms with Crippen molar-refractivity contribution in [2.45, 2.75) is 66.2 Å². The Balaban J connectivity index is 1.63. The summed E-state index contributed by atoms with van der Waals surface area (Å²) in [6.07, 6.45) is 0. The van der Waals surface area contributed by atoms with E-state index in [-0.39, 0.29) is 11.5 Å². The van der Waals surface area contributed by atoms with E-state index in [0.717, 1.165) is 30.3 Å². The molecule has 0 aromatic heterocycles. The van der Waals surface area contributed by atoms with Crippen LogP contribution >= 0.6 is 0 Å². The van der Waals surface area contributed by atoms with Crippen molar-refractivity contribution in [1.29, 1.82) is 0 Å². The summed E-state index contributed by atoms with van der Waals surface area (Å²) in [4.78, 5) is 2.50. The number of hydrogen-bond donors (Lipinski definition) is 0. The SMILES string of the molecule is COc1cc2c(cc1OC)CN(c1c(C)c(C)c3c(c1C)C(c1ccc(C)cc1)C(C)(C)O3)C2. The summed E-state index contributed by atoms with van der Waals surface area (Å²) in [5, 5.41) is 0. The van der Waals surface area contributed by atoms with Crippen LogP contribution in [-0.2, 0) is 13.1 Å². The molecule has 4 heteroatoms. The maximum Gasteiger partial charge on any atom is 0.161 e. The predicted octanol–water partition coefficient (Wildman–Crippen LogP) is 6.76. The molecule has 1 atom stereocenters. The van der Waals surface area contributed by atoms with Crippen molar-refractivity contribution in [3.8, 4) is 17.2 Å². The van der Waals surface area contributed by atoms with Crippen molar-refractivity contribution in [1.82, 2.24) is 0 Å². The lowest BCUT2D eigenvalue weighted by molar-refractivity contribution is 0.121. The number of benzene rings is 3. The van der Waals surface area contributed by atoms with Crippen LogP contribution < -0.4 is 19.1 Å². The minimum Gasteiger partial charge on any atom is -0.493 e. The van der Waals surface area contributed by atoms with Crippen LogP contribution in [-0.4, -0.2) is 19.8 Å². The van der Waals surface area contributed by atoms with Gasteiger partial charge in [0.2, 0.25) is 0 Å². The van der Waals surface area contributed by atoms with Gasteiger partial charge in [-0.1, -0.05) is 29.8 Å². The number of hydrogen-bond acceptors (Lipinski definition) is 4. The molecule has 34 heavy (non-hydrogen) atoms. The zero-order valence-corrected chi connectivity index (χ0v) is 21.6. The van der Waals surface area contributed by atoms with E-state index in [0.29, 0.717) is 0 Å². The van der Waals surface area contributed by atoms with Gasteiger partial charge in [-0.3, -0.25) is 0 Å². The highest BCUT2D eigenvalue weighted by atomic mass is 16.5. The van der Waals surface area contributed by atoms with E-state index in [1.807, 2.05) is 0 Å². The molecular weight excluding hydrogens is 422 g/mol. The Kier molecular flexibility index (Phi) is 5.31. The van der Waals surface area contributed by atoms with Gasteiger partial charge in [0.25, 0.3) is 0 Å². The van der Waals surface area contributed by atoms with E-state index in [1.54, 1.807) is 14.2 Å². The lowest BCUT2D eigenvalue weighted by Gasteiger charge is -2.28. The van der Waals surface area contributed by atoms with Crippen molar-refractivity contribution in [2.24, 2.45) is 0 Å². The number of nitrogens with zero attached hydrogens (tertiary/aromatic N) is 1. The first-order valence-electron chi connectivity index (χ1n) is 12.0. The summed E-state index contributed by atoms with van der Waals surface area (Å²) in [7, 11) is 3.39. The van der Waals surface area contributed by atoms with Gasteiger partial charge in [0.1, 0.15) is 11.4 Å². The fourth-order valence-corrected chi connectivity index (χ4v) is 5.96. The van der Waals surface area contributed by atoms with Gasteiger partial charge < -0.3 is 19.1 Å². The molecule has 1 unspecified atom stereocenters. The topological polar surface area (TPSA) is 30.9 Å². The van der Waals surface area contributed by atoms with Gasteiger partial charge in [-0.25, -0.2) is 0 Å². The highest BCUT2D eigenvalue weighted by Gasteiger charge is 2.45. The Morgan fingerprint density at radius 2 is 1.38 bits per heavy atom. The highest BCUT2D eigenvalue weighted by Crippen LogP contribution is 2.54. The normalized spacial score (nSPS) is 17.9. The summed E-state index contributed by atoms with van der Waals surface area (Å²) in [5.74, 6) is 2.83. The first-order chi connectivity index (χ1) is 16.2. The smallest absolute Gasteiger partial charge is 0.161 e. The zero-order chi connectivity index (χ0) is 24.4. The van der Waals surface area contributed by atoms with E-state index in [9.17, 15) is 0 Å². The quantitative estimate of drug-likeness (QED) is 0.433. The Bertz CT molecular complexity index is 1240. The van der Waals surface area contributed by atoms with Gasteiger partial charge in [0.05, 0.1) is 20.1 Å². The van der Waals surface area contributed by atoms with Crippen LogP contribution in [0.4, 0.5) is 5.69 Å². The number of ether oxygens (including phenoxy) is 3.